The molecule has 1 N–H and O–H groups in total. The minimum absolute atomic E-state index is 0.130. The maximum Gasteiger partial charge on any atom is 0.407 e. The van der Waals surface area contributed by atoms with Gasteiger partial charge in [0.2, 0.25) is 0 Å². The average molecular weight is 402 g/mol. The van der Waals surface area contributed by atoms with Crippen LogP contribution in [0, 0.1) is 0 Å². The van der Waals surface area contributed by atoms with Crippen molar-refractivity contribution < 1.29 is 14.3 Å². The van der Waals surface area contributed by atoms with Crippen LogP contribution >= 0.6 is 23.2 Å². The third kappa shape index (κ3) is 5.74. The van der Waals surface area contributed by atoms with Crippen molar-refractivity contribution >= 4 is 35.2 Å². The molecule has 26 heavy (non-hydrogen) atoms. The largest absolute Gasteiger partial charge is 0.444 e. The van der Waals surface area contributed by atoms with Gasteiger partial charge in [-0.3, -0.25) is 4.79 Å². The monoisotopic (exact) mass is 401 g/mol. The van der Waals surface area contributed by atoms with Gasteiger partial charge in [-0.2, -0.15) is 0 Å². The molecule has 1 fully saturated rings. The summed E-state index contributed by atoms with van der Waals surface area (Å²) < 4.78 is 5.31. The molecule has 0 spiro atoms. The number of carbonyl (C=O) groups excluding carboxylic acids is 2. The number of hydrogen-bond donors (Lipinski definition) is 1. The van der Waals surface area contributed by atoms with Crippen molar-refractivity contribution in [2.45, 2.75) is 64.6 Å². The molecule has 1 aliphatic rings. The van der Waals surface area contributed by atoms with E-state index in [9.17, 15) is 9.59 Å². The molecule has 0 bridgehead atoms. The van der Waals surface area contributed by atoms with Gasteiger partial charge in [0.25, 0.3) is 5.91 Å². The molecule has 6 nitrogen and oxygen atoms in total. The fourth-order valence-corrected chi connectivity index (χ4v) is 3.53. The van der Waals surface area contributed by atoms with Crippen LogP contribution < -0.4 is 5.32 Å². The molecule has 2 unspecified atom stereocenters. The van der Waals surface area contributed by atoms with Crippen LogP contribution in [-0.4, -0.2) is 46.1 Å². The van der Waals surface area contributed by atoms with Crippen LogP contribution in [0.25, 0.3) is 0 Å². The summed E-state index contributed by atoms with van der Waals surface area (Å²) in [7, 11) is 0. The van der Waals surface area contributed by atoms with Gasteiger partial charge in [-0.15, -0.1) is 0 Å². The summed E-state index contributed by atoms with van der Waals surface area (Å²) >= 11 is 11.8. The summed E-state index contributed by atoms with van der Waals surface area (Å²) in [5, 5.41) is 3.20. The molecular formula is C18H25Cl2N3O3. The van der Waals surface area contributed by atoms with Crippen LogP contribution in [0.2, 0.25) is 10.3 Å². The molecule has 0 saturated carbocycles. The van der Waals surface area contributed by atoms with Crippen molar-refractivity contribution in [1.82, 2.24) is 15.2 Å². The first-order chi connectivity index (χ1) is 12.1. The topological polar surface area (TPSA) is 71.5 Å². The molecule has 2 rings (SSSR count). The standard InChI is InChI=1S/C18H25Cl2N3O3/c1-11(21-17(25)26-18(2,3)4)13-7-5-6-8-23(13)16(24)12-9-14(19)22-15(20)10-12/h9-11,13H,5-8H2,1-4H3,(H,21,25). The summed E-state index contributed by atoms with van der Waals surface area (Å²) in [6.45, 7) is 7.92. The average Bonchev–Trinajstić information content (AvgIpc) is 2.51. The number of pyridine rings is 1. The van der Waals surface area contributed by atoms with Crippen molar-refractivity contribution in [2.75, 3.05) is 6.54 Å². The second-order valence-corrected chi connectivity index (χ2v) is 8.27. The van der Waals surface area contributed by atoms with Crippen molar-refractivity contribution in [3.63, 3.8) is 0 Å². The molecule has 0 aliphatic carbocycles. The summed E-state index contributed by atoms with van der Waals surface area (Å²) in [5.41, 5.74) is -0.178. The number of nitrogens with one attached hydrogen (secondary N) is 1. The van der Waals surface area contributed by atoms with Crippen LogP contribution in [-0.2, 0) is 4.74 Å². The van der Waals surface area contributed by atoms with E-state index in [1.54, 1.807) is 4.90 Å². The van der Waals surface area contributed by atoms with Crippen molar-refractivity contribution in [2.24, 2.45) is 0 Å². The molecule has 1 aromatic rings. The maximum atomic E-state index is 13.0. The molecule has 144 valence electrons. The Morgan fingerprint density at radius 3 is 2.46 bits per heavy atom. The van der Waals surface area contributed by atoms with Gasteiger partial charge >= 0.3 is 6.09 Å². The first-order valence-electron chi connectivity index (χ1n) is 8.70. The van der Waals surface area contributed by atoms with Crippen molar-refractivity contribution in [3.8, 4) is 0 Å². The van der Waals surface area contributed by atoms with Crippen LogP contribution in [0.5, 0.6) is 0 Å². The molecule has 2 atom stereocenters. The first kappa shape index (κ1) is 20.8. The molecule has 8 heteroatoms. The van der Waals surface area contributed by atoms with Gasteiger partial charge in [-0.25, -0.2) is 9.78 Å². The zero-order chi connectivity index (χ0) is 19.5. The van der Waals surface area contributed by atoms with E-state index < -0.39 is 11.7 Å². The van der Waals surface area contributed by atoms with E-state index in [-0.39, 0.29) is 28.3 Å². The fourth-order valence-electron chi connectivity index (χ4n) is 3.07. The van der Waals surface area contributed by atoms with E-state index in [0.717, 1.165) is 19.3 Å². The number of halogens is 2. The molecule has 1 aromatic heterocycles. The lowest BCUT2D eigenvalue weighted by Gasteiger charge is -2.39. The molecule has 1 aliphatic heterocycles. The number of nitrogens with zero attached hydrogens (tertiary/aromatic N) is 2. The highest BCUT2D eigenvalue weighted by atomic mass is 35.5. The van der Waals surface area contributed by atoms with Crippen molar-refractivity contribution in [1.29, 1.82) is 0 Å². The van der Waals surface area contributed by atoms with Gasteiger partial charge < -0.3 is 15.0 Å². The van der Waals surface area contributed by atoms with Gasteiger partial charge in [0.05, 0.1) is 6.04 Å². The van der Waals surface area contributed by atoms with Gasteiger partial charge in [0.15, 0.2) is 0 Å². The number of carbonyl (C=O) groups is 2. The Hall–Kier alpha value is -1.53. The molecule has 1 saturated heterocycles. The second kappa shape index (κ2) is 8.44. The molecule has 2 amide bonds. The van der Waals surface area contributed by atoms with Crippen molar-refractivity contribution in [3.05, 3.63) is 28.0 Å². The van der Waals surface area contributed by atoms with E-state index in [1.807, 2.05) is 27.7 Å². The highest BCUT2D eigenvalue weighted by molar-refractivity contribution is 6.33. The first-order valence-corrected chi connectivity index (χ1v) is 9.46. The van der Waals surface area contributed by atoms with Crippen LogP contribution in [0.15, 0.2) is 12.1 Å². The van der Waals surface area contributed by atoms with E-state index in [2.05, 4.69) is 10.3 Å². The summed E-state index contributed by atoms with van der Waals surface area (Å²) in [6, 6.07) is 2.64. The number of piperidine rings is 1. The number of hydrogen-bond acceptors (Lipinski definition) is 4. The normalized spacial score (nSPS) is 19.0. The van der Waals surface area contributed by atoms with E-state index >= 15 is 0 Å². The van der Waals surface area contributed by atoms with E-state index in [0.29, 0.717) is 12.1 Å². The SMILES string of the molecule is CC(NC(=O)OC(C)(C)C)C1CCCCN1C(=O)c1cc(Cl)nc(Cl)c1. The van der Waals surface area contributed by atoms with Gasteiger partial charge in [-0.1, -0.05) is 23.2 Å². The predicted molar refractivity (Wildman–Crippen MR) is 102 cm³/mol. The van der Waals surface area contributed by atoms with Crippen LogP contribution in [0.3, 0.4) is 0 Å². The summed E-state index contributed by atoms with van der Waals surface area (Å²) in [4.78, 5) is 30.7. The third-order valence-electron chi connectivity index (χ3n) is 4.14. The van der Waals surface area contributed by atoms with Gasteiger partial charge in [0, 0.05) is 18.2 Å². The fraction of sp³-hybridized carbons (Fsp3) is 0.611. The Balaban J connectivity index is 2.13. The number of ether oxygens (including phenoxy) is 1. The quantitative estimate of drug-likeness (QED) is 0.766. The van der Waals surface area contributed by atoms with E-state index in [4.69, 9.17) is 27.9 Å². The number of amides is 2. The van der Waals surface area contributed by atoms with Gasteiger partial charge in [0.1, 0.15) is 15.9 Å². The highest BCUT2D eigenvalue weighted by Crippen LogP contribution is 2.24. The summed E-state index contributed by atoms with van der Waals surface area (Å²) in [6.07, 6.45) is 2.22. The minimum Gasteiger partial charge on any atom is -0.444 e. The van der Waals surface area contributed by atoms with Crippen LogP contribution in [0.4, 0.5) is 4.79 Å². The third-order valence-corrected chi connectivity index (χ3v) is 4.53. The Morgan fingerprint density at radius 2 is 1.88 bits per heavy atom. The Labute approximate surface area is 164 Å². The number of aromatic nitrogens is 1. The lowest BCUT2D eigenvalue weighted by atomic mass is 9.95. The highest BCUT2D eigenvalue weighted by Gasteiger charge is 2.33. The number of alkyl carbamates (subject to hydrolysis) is 1. The zero-order valence-electron chi connectivity index (χ0n) is 15.5. The van der Waals surface area contributed by atoms with Gasteiger partial charge in [-0.05, 0) is 59.1 Å². The Morgan fingerprint density at radius 1 is 1.27 bits per heavy atom. The lowest BCUT2D eigenvalue weighted by Crippen LogP contribution is -2.54. The molecule has 0 aromatic carbocycles. The van der Waals surface area contributed by atoms with E-state index in [1.165, 1.54) is 12.1 Å². The zero-order valence-corrected chi connectivity index (χ0v) is 17.0. The smallest absolute Gasteiger partial charge is 0.407 e. The lowest BCUT2D eigenvalue weighted by molar-refractivity contribution is 0.0401. The second-order valence-electron chi connectivity index (χ2n) is 7.50. The maximum absolute atomic E-state index is 13.0. The number of likely N-dealkylation sites (tertiary alicyclic amines) is 1. The minimum atomic E-state index is -0.573. The Bertz CT molecular complexity index is 656. The summed E-state index contributed by atoms with van der Waals surface area (Å²) in [5.74, 6) is -0.168. The molecule has 2 heterocycles. The Kier molecular flexibility index (Phi) is 6.74. The predicted octanol–water partition coefficient (Wildman–Crippen LogP) is 4.30. The molecule has 0 radical (unpaired) electrons. The van der Waals surface area contributed by atoms with Crippen LogP contribution in [0.1, 0.15) is 57.3 Å². The molecular weight excluding hydrogens is 377 g/mol. The number of rotatable bonds is 3.